The maximum Gasteiger partial charge on any atom is 0.407 e. The van der Waals surface area contributed by atoms with Crippen LogP contribution in [0.25, 0.3) is 11.1 Å². The van der Waals surface area contributed by atoms with Crippen LogP contribution in [0.5, 0.6) is 0 Å². The fraction of sp³-hybridized carbons (Fsp3) is 0.641. The van der Waals surface area contributed by atoms with Crippen molar-refractivity contribution in [2.45, 2.75) is 51.4 Å². The Balaban J connectivity index is 0.976. The van der Waals surface area contributed by atoms with Gasteiger partial charge in [0, 0.05) is 25.5 Å². The summed E-state index contributed by atoms with van der Waals surface area (Å²) in [4.78, 5) is 23.8. The molecule has 0 saturated carbocycles. The minimum Gasteiger partial charge on any atom is -0.463 e. The second-order valence-electron chi connectivity index (χ2n) is 11.9. The molecule has 12 heteroatoms. The zero-order valence-electron chi connectivity index (χ0n) is 30.5. The quantitative estimate of drug-likeness (QED) is 0.0756. The Morgan fingerprint density at radius 1 is 0.529 bits per heavy atom. The Labute approximate surface area is 303 Å². The average molecular weight is 718 g/mol. The molecule has 1 aliphatic rings. The molecule has 2 aromatic rings. The van der Waals surface area contributed by atoms with E-state index < -0.39 is 6.09 Å². The van der Waals surface area contributed by atoms with Crippen LogP contribution >= 0.6 is 0 Å². The van der Waals surface area contributed by atoms with Crippen molar-refractivity contribution in [1.82, 2.24) is 5.32 Å². The van der Waals surface area contributed by atoms with Crippen molar-refractivity contribution in [1.29, 1.82) is 0 Å². The van der Waals surface area contributed by atoms with E-state index in [0.29, 0.717) is 118 Å². The highest BCUT2D eigenvalue weighted by molar-refractivity contribution is 5.79. The summed E-state index contributed by atoms with van der Waals surface area (Å²) >= 11 is 0. The Hall–Kier alpha value is -3.10. The number of hydrogen-bond donors (Lipinski definition) is 1. The molecule has 12 nitrogen and oxygen atoms in total. The lowest BCUT2D eigenvalue weighted by Crippen LogP contribution is -2.27. The molecule has 0 unspecified atom stereocenters. The third kappa shape index (κ3) is 18.8. The van der Waals surface area contributed by atoms with Gasteiger partial charge in [0.1, 0.15) is 13.2 Å². The number of fused-ring (bicyclic) bond motifs is 3. The van der Waals surface area contributed by atoms with Gasteiger partial charge in [0.25, 0.3) is 0 Å². The van der Waals surface area contributed by atoms with Crippen LogP contribution in [-0.4, -0.2) is 124 Å². The van der Waals surface area contributed by atoms with E-state index in [1.54, 1.807) is 0 Å². The summed E-state index contributed by atoms with van der Waals surface area (Å²) in [6, 6.07) is 16.6. The zero-order valence-corrected chi connectivity index (χ0v) is 30.5. The molecule has 0 spiro atoms. The Morgan fingerprint density at radius 2 is 0.980 bits per heavy atom. The SMILES string of the molecule is CCCCCCC(=O)OCCOCCOCCOCCOCCOCCOCCOCCCNC(=O)OCC1c2ccccc2-c2ccccc21. The number of unbranched alkanes of at least 4 members (excludes halogenated alkanes) is 3. The van der Waals surface area contributed by atoms with Crippen LogP contribution in [0.1, 0.15) is 62.5 Å². The van der Waals surface area contributed by atoms with Crippen LogP contribution in [0.15, 0.2) is 48.5 Å². The Kier molecular flexibility index (Phi) is 23.6. The molecule has 1 amide bonds. The average Bonchev–Trinajstić information content (AvgIpc) is 3.47. The number of carbonyl (C=O) groups is 2. The van der Waals surface area contributed by atoms with Crippen LogP contribution in [0.3, 0.4) is 0 Å². The van der Waals surface area contributed by atoms with E-state index in [-0.39, 0.29) is 18.5 Å². The summed E-state index contributed by atoms with van der Waals surface area (Å²) in [5.74, 6) is -0.106. The largest absolute Gasteiger partial charge is 0.463 e. The first kappa shape index (κ1) is 42.3. The lowest BCUT2D eigenvalue weighted by molar-refractivity contribution is -0.145. The third-order valence-corrected chi connectivity index (χ3v) is 8.04. The molecule has 0 atom stereocenters. The molecular weight excluding hydrogens is 658 g/mol. The van der Waals surface area contributed by atoms with E-state index in [9.17, 15) is 9.59 Å². The summed E-state index contributed by atoms with van der Waals surface area (Å²) in [5.41, 5.74) is 4.81. The van der Waals surface area contributed by atoms with Crippen LogP contribution in [0.2, 0.25) is 0 Å². The fourth-order valence-corrected chi connectivity index (χ4v) is 5.42. The molecule has 3 rings (SSSR count). The highest BCUT2D eigenvalue weighted by Crippen LogP contribution is 2.44. The summed E-state index contributed by atoms with van der Waals surface area (Å²) in [6.45, 7) is 9.82. The van der Waals surface area contributed by atoms with E-state index >= 15 is 0 Å². The number of ether oxygens (including phenoxy) is 9. The predicted molar refractivity (Wildman–Crippen MR) is 193 cm³/mol. The van der Waals surface area contributed by atoms with Crippen molar-refractivity contribution in [3.8, 4) is 11.1 Å². The van der Waals surface area contributed by atoms with Gasteiger partial charge < -0.3 is 47.9 Å². The van der Waals surface area contributed by atoms with Crippen molar-refractivity contribution in [3.05, 3.63) is 59.7 Å². The van der Waals surface area contributed by atoms with E-state index in [4.69, 9.17) is 42.6 Å². The van der Waals surface area contributed by atoms with Crippen LogP contribution in [-0.2, 0) is 47.4 Å². The number of esters is 1. The number of amides is 1. The first-order valence-electron chi connectivity index (χ1n) is 18.5. The second kappa shape index (κ2) is 28.5. The summed E-state index contributed by atoms with van der Waals surface area (Å²) in [5, 5.41) is 2.80. The summed E-state index contributed by atoms with van der Waals surface area (Å²) < 4.78 is 49.1. The number of nitrogens with one attached hydrogen (secondary N) is 1. The molecule has 0 radical (unpaired) electrons. The minimum absolute atomic E-state index is 0.0494. The highest BCUT2D eigenvalue weighted by atomic mass is 16.6. The predicted octanol–water partition coefficient (Wildman–Crippen LogP) is 5.55. The number of rotatable bonds is 32. The first-order valence-corrected chi connectivity index (χ1v) is 18.5. The maximum atomic E-state index is 12.3. The van der Waals surface area contributed by atoms with Gasteiger partial charge in [-0.1, -0.05) is 74.7 Å². The molecule has 0 bridgehead atoms. The van der Waals surface area contributed by atoms with Gasteiger partial charge in [-0.15, -0.1) is 0 Å². The van der Waals surface area contributed by atoms with Crippen molar-refractivity contribution < 1.29 is 52.2 Å². The highest BCUT2D eigenvalue weighted by Gasteiger charge is 2.28. The van der Waals surface area contributed by atoms with Gasteiger partial charge in [0.2, 0.25) is 0 Å². The first-order chi connectivity index (χ1) is 25.2. The molecular formula is C39H59NO11. The minimum atomic E-state index is -0.416. The van der Waals surface area contributed by atoms with Gasteiger partial charge in [-0.25, -0.2) is 4.79 Å². The fourth-order valence-electron chi connectivity index (χ4n) is 5.42. The van der Waals surface area contributed by atoms with Crippen molar-refractivity contribution in [2.75, 3.05) is 112 Å². The van der Waals surface area contributed by atoms with Crippen LogP contribution in [0.4, 0.5) is 4.79 Å². The van der Waals surface area contributed by atoms with E-state index in [0.717, 1.165) is 25.7 Å². The maximum absolute atomic E-state index is 12.3. The third-order valence-electron chi connectivity index (χ3n) is 8.04. The van der Waals surface area contributed by atoms with Gasteiger partial charge >= 0.3 is 12.1 Å². The van der Waals surface area contributed by atoms with Gasteiger partial charge in [-0.2, -0.15) is 0 Å². The lowest BCUT2D eigenvalue weighted by Gasteiger charge is -2.14. The number of alkyl carbamates (subject to hydrolysis) is 1. The number of hydrogen-bond acceptors (Lipinski definition) is 11. The molecule has 0 aromatic heterocycles. The van der Waals surface area contributed by atoms with E-state index in [2.05, 4.69) is 36.5 Å². The van der Waals surface area contributed by atoms with Crippen molar-refractivity contribution >= 4 is 12.1 Å². The normalized spacial score (nSPS) is 12.1. The van der Waals surface area contributed by atoms with Crippen LogP contribution in [0, 0.1) is 0 Å². The standard InChI is InChI=1S/C39H59NO11/c1-2-3-4-5-15-38(41)50-31-30-49-29-28-48-27-26-47-25-24-46-23-22-45-21-20-44-19-18-43-17-10-16-40-39(42)51-32-37-35-13-8-6-11-33(35)34-12-7-9-14-36(34)37/h6-9,11-14,37H,2-5,10,15-32H2,1H3,(H,40,42). The molecule has 0 fully saturated rings. The van der Waals surface area contributed by atoms with Gasteiger partial charge in [-0.05, 0) is 35.1 Å². The van der Waals surface area contributed by atoms with Gasteiger partial charge in [0.15, 0.2) is 0 Å². The smallest absolute Gasteiger partial charge is 0.407 e. The molecule has 2 aromatic carbocycles. The molecule has 1 N–H and O–H groups in total. The summed E-state index contributed by atoms with van der Waals surface area (Å²) in [7, 11) is 0. The molecule has 0 heterocycles. The molecule has 286 valence electrons. The van der Waals surface area contributed by atoms with E-state index in [1.165, 1.54) is 22.3 Å². The molecule has 0 saturated heterocycles. The molecule has 51 heavy (non-hydrogen) atoms. The monoisotopic (exact) mass is 717 g/mol. The Morgan fingerprint density at radius 3 is 1.47 bits per heavy atom. The van der Waals surface area contributed by atoms with Gasteiger partial charge in [0.05, 0.1) is 85.9 Å². The van der Waals surface area contributed by atoms with Crippen molar-refractivity contribution in [3.63, 3.8) is 0 Å². The van der Waals surface area contributed by atoms with Gasteiger partial charge in [-0.3, -0.25) is 4.79 Å². The van der Waals surface area contributed by atoms with Crippen molar-refractivity contribution in [2.24, 2.45) is 0 Å². The molecule has 0 aliphatic heterocycles. The zero-order chi connectivity index (χ0) is 36.0. The number of benzene rings is 2. The summed E-state index contributed by atoms with van der Waals surface area (Å²) in [6.07, 6.45) is 5.01. The molecule has 1 aliphatic carbocycles. The number of carbonyl (C=O) groups excluding carboxylic acids is 2. The lowest BCUT2D eigenvalue weighted by atomic mass is 9.98. The van der Waals surface area contributed by atoms with Crippen LogP contribution < -0.4 is 5.32 Å². The van der Waals surface area contributed by atoms with E-state index in [1.807, 2.05) is 24.3 Å². The second-order valence-corrected chi connectivity index (χ2v) is 11.9. The Bertz CT molecular complexity index is 1150. The topological polar surface area (TPSA) is 129 Å².